The topological polar surface area (TPSA) is 94.2 Å². The number of nitrogens with zero attached hydrogens (tertiary/aromatic N) is 1. The molecule has 1 aliphatic heterocycles. The van der Waals surface area contributed by atoms with E-state index in [-0.39, 0.29) is 30.3 Å². The maximum Gasteiger partial charge on any atom is 0.262 e. The number of carbonyl (C=O) groups is 1. The Morgan fingerprint density at radius 1 is 1.14 bits per heavy atom. The number of hydrogen-bond donors (Lipinski definition) is 1. The summed E-state index contributed by atoms with van der Waals surface area (Å²) in [4.78, 5) is 12.2. The number of rotatable bonds is 7. The molecule has 1 aliphatic rings. The Morgan fingerprint density at radius 2 is 1.83 bits per heavy atom. The molecule has 9 heteroatoms. The molecule has 0 saturated carbocycles. The van der Waals surface area contributed by atoms with Crippen LogP contribution in [-0.2, 0) is 19.6 Å². The molecular weight excluding hydrogens is 396 g/mol. The van der Waals surface area contributed by atoms with Gasteiger partial charge in [0.1, 0.15) is 16.4 Å². The van der Waals surface area contributed by atoms with Gasteiger partial charge in [-0.2, -0.15) is 4.31 Å². The van der Waals surface area contributed by atoms with E-state index in [1.54, 1.807) is 18.2 Å². The Hall–Kier alpha value is -2.62. The second kappa shape index (κ2) is 9.25. The molecule has 0 spiro atoms. The van der Waals surface area contributed by atoms with Crippen LogP contribution in [0, 0.1) is 6.92 Å². The van der Waals surface area contributed by atoms with Crippen molar-refractivity contribution in [1.82, 2.24) is 4.31 Å². The van der Waals surface area contributed by atoms with Crippen molar-refractivity contribution in [2.24, 2.45) is 0 Å². The van der Waals surface area contributed by atoms with Crippen molar-refractivity contribution in [3.05, 3.63) is 48.0 Å². The number of aryl methyl sites for hydroxylation is 1. The summed E-state index contributed by atoms with van der Waals surface area (Å²) >= 11 is 0. The third-order valence-corrected chi connectivity index (χ3v) is 6.35. The van der Waals surface area contributed by atoms with E-state index in [2.05, 4.69) is 5.32 Å². The van der Waals surface area contributed by atoms with Gasteiger partial charge in [-0.3, -0.25) is 4.79 Å². The Morgan fingerprint density at radius 3 is 2.48 bits per heavy atom. The molecule has 1 heterocycles. The number of ether oxygens (including phenoxy) is 3. The summed E-state index contributed by atoms with van der Waals surface area (Å²) in [6.07, 6.45) is 0. The SMILES string of the molecule is COc1ccc(NC(=O)COc2ccc(C)cc2)cc1S(=O)(=O)N1CCOCC1. The maximum absolute atomic E-state index is 13.0. The van der Waals surface area contributed by atoms with Crippen molar-refractivity contribution in [3.63, 3.8) is 0 Å². The molecule has 1 fully saturated rings. The molecule has 0 aliphatic carbocycles. The molecule has 1 saturated heterocycles. The van der Waals surface area contributed by atoms with Crippen molar-refractivity contribution in [3.8, 4) is 11.5 Å². The first kappa shape index (κ1) is 21.1. The quantitative estimate of drug-likeness (QED) is 0.737. The number of methoxy groups -OCH3 is 1. The van der Waals surface area contributed by atoms with Gasteiger partial charge in [0.15, 0.2) is 6.61 Å². The van der Waals surface area contributed by atoms with E-state index in [0.29, 0.717) is 24.7 Å². The average Bonchev–Trinajstić information content (AvgIpc) is 2.74. The van der Waals surface area contributed by atoms with E-state index < -0.39 is 15.9 Å². The van der Waals surface area contributed by atoms with Crippen LogP contribution in [0.4, 0.5) is 5.69 Å². The number of nitrogens with one attached hydrogen (secondary N) is 1. The predicted molar refractivity (Wildman–Crippen MR) is 108 cm³/mol. The highest BCUT2D eigenvalue weighted by molar-refractivity contribution is 7.89. The standard InChI is InChI=1S/C20H24N2O6S/c1-15-3-6-17(7-4-15)28-14-20(23)21-16-5-8-18(26-2)19(13-16)29(24,25)22-9-11-27-12-10-22/h3-8,13H,9-12,14H2,1-2H3,(H,21,23). The second-order valence-corrected chi connectivity index (χ2v) is 8.44. The van der Waals surface area contributed by atoms with Crippen molar-refractivity contribution in [2.75, 3.05) is 45.3 Å². The fourth-order valence-electron chi connectivity index (χ4n) is 2.86. The highest BCUT2D eigenvalue weighted by atomic mass is 32.2. The van der Waals surface area contributed by atoms with Crippen LogP contribution in [0.3, 0.4) is 0 Å². The Labute approximate surface area is 170 Å². The first-order chi connectivity index (χ1) is 13.9. The first-order valence-corrected chi connectivity index (χ1v) is 10.6. The summed E-state index contributed by atoms with van der Waals surface area (Å²) in [5, 5.41) is 2.66. The molecule has 2 aromatic rings. The van der Waals surface area contributed by atoms with Crippen LogP contribution in [0.15, 0.2) is 47.4 Å². The van der Waals surface area contributed by atoms with Gasteiger partial charge in [-0.15, -0.1) is 0 Å². The number of benzene rings is 2. The van der Waals surface area contributed by atoms with Gasteiger partial charge in [0.05, 0.1) is 20.3 Å². The minimum Gasteiger partial charge on any atom is -0.495 e. The predicted octanol–water partition coefficient (Wildman–Crippen LogP) is 2.04. The summed E-state index contributed by atoms with van der Waals surface area (Å²) < 4.78 is 43.2. The summed E-state index contributed by atoms with van der Waals surface area (Å²) in [6, 6.07) is 11.8. The lowest BCUT2D eigenvalue weighted by Gasteiger charge is -2.26. The molecule has 0 aromatic heterocycles. The summed E-state index contributed by atoms with van der Waals surface area (Å²) in [5.41, 5.74) is 1.43. The maximum atomic E-state index is 13.0. The van der Waals surface area contributed by atoms with E-state index in [0.717, 1.165) is 5.56 Å². The zero-order chi connectivity index (χ0) is 20.9. The number of hydrogen-bond acceptors (Lipinski definition) is 6. The van der Waals surface area contributed by atoms with Crippen LogP contribution < -0.4 is 14.8 Å². The molecule has 0 bridgehead atoms. The Kier molecular flexibility index (Phi) is 6.73. The number of anilines is 1. The summed E-state index contributed by atoms with van der Waals surface area (Å²) in [7, 11) is -2.37. The van der Waals surface area contributed by atoms with Gasteiger partial charge in [-0.25, -0.2) is 8.42 Å². The highest BCUT2D eigenvalue weighted by Crippen LogP contribution is 2.30. The Balaban J connectivity index is 1.72. The molecule has 0 unspecified atom stereocenters. The molecule has 8 nitrogen and oxygen atoms in total. The molecule has 1 N–H and O–H groups in total. The van der Waals surface area contributed by atoms with Gasteiger partial charge in [-0.05, 0) is 37.3 Å². The Bertz CT molecular complexity index is 953. The van der Waals surface area contributed by atoms with Crippen molar-refractivity contribution in [2.45, 2.75) is 11.8 Å². The van der Waals surface area contributed by atoms with Crippen LogP contribution in [0.25, 0.3) is 0 Å². The summed E-state index contributed by atoms with van der Waals surface area (Å²) in [5.74, 6) is 0.395. The lowest BCUT2D eigenvalue weighted by molar-refractivity contribution is -0.118. The van der Waals surface area contributed by atoms with Crippen LogP contribution in [0.2, 0.25) is 0 Å². The third kappa shape index (κ3) is 5.26. The normalized spacial score (nSPS) is 15.0. The molecule has 0 radical (unpaired) electrons. The third-order valence-electron chi connectivity index (χ3n) is 4.43. The molecule has 3 rings (SSSR count). The van der Waals surface area contributed by atoms with Gasteiger partial charge in [0.25, 0.3) is 5.91 Å². The van der Waals surface area contributed by atoms with Crippen molar-refractivity contribution >= 4 is 21.6 Å². The van der Waals surface area contributed by atoms with E-state index >= 15 is 0 Å². The zero-order valence-electron chi connectivity index (χ0n) is 16.4. The molecular formula is C20H24N2O6S. The van der Waals surface area contributed by atoms with Crippen LogP contribution in [-0.4, -0.2) is 58.7 Å². The first-order valence-electron chi connectivity index (χ1n) is 9.15. The second-order valence-electron chi connectivity index (χ2n) is 6.53. The van der Waals surface area contributed by atoms with E-state index in [4.69, 9.17) is 14.2 Å². The molecule has 1 amide bonds. The van der Waals surface area contributed by atoms with Crippen LogP contribution in [0.1, 0.15) is 5.56 Å². The van der Waals surface area contributed by atoms with Crippen LogP contribution >= 0.6 is 0 Å². The average molecular weight is 420 g/mol. The number of carbonyl (C=O) groups excluding carboxylic acids is 1. The molecule has 0 atom stereocenters. The van der Waals surface area contributed by atoms with Crippen molar-refractivity contribution < 1.29 is 27.4 Å². The van der Waals surface area contributed by atoms with Gasteiger partial charge in [-0.1, -0.05) is 17.7 Å². The fraction of sp³-hybridized carbons (Fsp3) is 0.350. The number of sulfonamides is 1. The van der Waals surface area contributed by atoms with Gasteiger partial charge >= 0.3 is 0 Å². The monoisotopic (exact) mass is 420 g/mol. The van der Waals surface area contributed by atoms with Gasteiger partial charge in [0, 0.05) is 18.8 Å². The highest BCUT2D eigenvalue weighted by Gasteiger charge is 2.29. The number of amides is 1. The van der Waals surface area contributed by atoms with Crippen molar-refractivity contribution in [1.29, 1.82) is 0 Å². The van der Waals surface area contributed by atoms with Gasteiger partial charge < -0.3 is 19.5 Å². The van der Waals surface area contributed by atoms with E-state index in [1.165, 1.54) is 23.5 Å². The minimum absolute atomic E-state index is 0.000784. The molecule has 156 valence electrons. The van der Waals surface area contributed by atoms with E-state index in [9.17, 15) is 13.2 Å². The zero-order valence-corrected chi connectivity index (χ0v) is 17.2. The number of morpholine rings is 1. The lowest BCUT2D eigenvalue weighted by Crippen LogP contribution is -2.40. The smallest absolute Gasteiger partial charge is 0.262 e. The van der Waals surface area contributed by atoms with E-state index in [1.807, 2.05) is 19.1 Å². The molecule has 2 aromatic carbocycles. The fourth-order valence-corrected chi connectivity index (χ4v) is 4.45. The molecule has 29 heavy (non-hydrogen) atoms. The van der Waals surface area contributed by atoms with Gasteiger partial charge in [0.2, 0.25) is 10.0 Å². The van der Waals surface area contributed by atoms with Crippen LogP contribution in [0.5, 0.6) is 11.5 Å². The largest absolute Gasteiger partial charge is 0.495 e. The summed E-state index contributed by atoms with van der Waals surface area (Å²) in [6.45, 7) is 2.99. The lowest BCUT2D eigenvalue weighted by atomic mass is 10.2. The minimum atomic E-state index is -3.78.